The predicted molar refractivity (Wildman–Crippen MR) is 161 cm³/mol. The number of rotatable bonds is 13. The third-order valence-electron chi connectivity index (χ3n) is 6.94. The Kier molecular flexibility index (Phi) is 13.2. The largest absolute Gasteiger partial charge is 0.460 e. The number of halogens is 6. The first kappa shape index (κ1) is 40.0. The fourth-order valence-corrected chi connectivity index (χ4v) is 4.43. The molecule has 8 nitrogen and oxygen atoms in total. The molecule has 0 saturated heterocycles. The lowest BCUT2D eigenvalue weighted by Crippen LogP contribution is -2.52. The molecule has 0 aliphatic heterocycles. The lowest BCUT2D eigenvalue weighted by atomic mass is 9.92. The Bertz CT molecular complexity index is 1450. The average molecular weight is 689 g/mol. The van der Waals surface area contributed by atoms with Crippen molar-refractivity contribution in [1.29, 1.82) is 0 Å². The summed E-state index contributed by atoms with van der Waals surface area (Å²) in [4.78, 5) is 38.5. The number of hydrogen-bond donors (Lipinski definition) is 0. The van der Waals surface area contributed by atoms with Crippen LogP contribution < -0.4 is 0 Å². The van der Waals surface area contributed by atoms with E-state index in [0.717, 1.165) is 36.4 Å². The summed E-state index contributed by atoms with van der Waals surface area (Å²) < 4.78 is 111. The Morgan fingerprint density at radius 1 is 0.667 bits per heavy atom. The first-order valence-corrected chi connectivity index (χ1v) is 14.5. The molecule has 0 aromatic heterocycles. The minimum Gasteiger partial charge on any atom is -0.460 e. The maximum atomic E-state index is 14.3. The fraction of sp³-hybridized carbons (Fsp3) is 0.441. The molecule has 264 valence electrons. The number of methoxy groups -OCH3 is 2. The number of benzene rings is 2. The first-order valence-electron chi connectivity index (χ1n) is 14.5. The molecular formula is C34H38F6O8. The van der Waals surface area contributed by atoms with Gasteiger partial charge in [-0.2, -0.15) is 26.3 Å². The summed E-state index contributed by atoms with van der Waals surface area (Å²) in [5, 5.41) is 0. The zero-order valence-electron chi connectivity index (χ0n) is 27.4. The maximum absolute atomic E-state index is 14.3. The standard InChI is InChI=1S/C34H38F6O8/c1-22(47-28(42)31(44-6,33(35,36)37)25-14-10-8-11-15-25)18-19-24(21-46-27(41)30(3,4)5)20-23(2)48-29(43)32(45-7,34(38,39)40)26-16-12-9-13-17-26/h8-20,22-23H,21H2,1-7H3/b19-18+,24-20-/t22-,23-,31+,32+/m0/s1. The summed E-state index contributed by atoms with van der Waals surface area (Å²) in [6, 6.07) is 12.3. The molecule has 4 atom stereocenters. The summed E-state index contributed by atoms with van der Waals surface area (Å²) in [5.74, 6) is -4.21. The van der Waals surface area contributed by atoms with Gasteiger partial charge in [-0.25, -0.2) is 9.59 Å². The molecule has 0 spiro atoms. The van der Waals surface area contributed by atoms with Gasteiger partial charge in [0.15, 0.2) is 0 Å². The van der Waals surface area contributed by atoms with Gasteiger partial charge in [-0.3, -0.25) is 4.79 Å². The Morgan fingerprint density at radius 3 is 1.42 bits per heavy atom. The Balaban J connectivity index is 2.42. The molecular weight excluding hydrogens is 650 g/mol. The van der Waals surface area contributed by atoms with Crippen molar-refractivity contribution in [1.82, 2.24) is 0 Å². The number of carbonyl (C=O) groups is 3. The van der Waals surface area contributed by atoms with E-state index in [0.29, 0.717) is 14.2 Å². The van der Waals surface area contributed by atoms with Crippen LogP contribution in [0.1, 0.15) is 45.7 Å². The van der Waals surface area contributed by atoms with Crippen LogP contribution in [0.3, 0.4) is 0 Å². The quantitative estimate of drug-likeness (QED) is 0.0950. The van der Waals surface area contributed by atoms with Gasteiger partial charge in [0.1, 0.15) is 18.8 Å². The second kappa shape index (κ2) is 15.8. The smallest absolute Gasteiger partial charge is 0.432 e. The van der Waals surface area contributed by atoms with E-state index < -0.39 is 76.8 Å². The lowest BCUT2D eigenvalue weighted by Gasteiger charge is -2.33. The minimum absolute atomic E-state index is 0.0439. The summed E-state index contributed by atoms with van der Waals surface area (Å²) >= 11 is 0. The van der Waals surface area contributed by atoms with Crippen molar-refractivity contribution in [3.8, 4) is 0 Å². The third kappa shape index (κ3) is 9.04. The molecule has 2 aromatic rings. The van der Waals surface area contributed by atoms with Crippen LogP contribution in [0.2, 0.25) is 0 Å². The zero-order valence-corrected chi connectivity index (χ0v) is 27.4. The molecule has 14 heteroatoms. The van der Waals surface area contributed by atoms with Crippen LogP contribution in [0, 0.1) is 5.41 Å². The molecule has 0 aliphatic rings. The molecule has 0 bridgehead atoms. The van der Waals surface area contributed by atoms with E-state index in [4.69, 9.17) is 23.7 Å². The summed E-state index contributed by atoms with van der Waals surface area (Å²) in [5.41, 5.74) is -8.88. The summed E-state index contributed by atoms with van der Waals surface area (Å²) in [6.07, 6.45) is -9.67. The highest BCUT2D eigenvalue weighted by atomic mass is 19.4. The van der Waals surface area contributed by atoms with Gasteiger partial charge >= 0.3 is 30.3 Å². The van der Waals surface area contributed by atoms with E-state index >= 15 is 0 Å². The maximum Gasteiger partial charge on any atom is 0.432 e. The van der Waals surface area contributed by atoms with Gasteiger partial charge in [0.2, 0.25) is 0 Å². The predicted octanol–water partition coefficient (Wildman–Crippen LogP) is 7.13. The lowest BCUT2D eigenvalue weighted by molar-refractivity contribution is -0.278. The molecule has 0 amide bonds. The van der Waals surface area contributed by atoms with E-state index in [1.165, 1.54) is 56.3 Å². The van der Waals surface area contributed by atoms with Gasteiger partial charge < -0.3 is 23.7 Å². The zero-order chi connectivity index (χ0) is 36.6. The second-order valence-corrected chi connectivity index (χ2v) is 11.6. The van der Waals surface area contributed by atoms with E-state index in [2.05, 4.69) is 0 Å². The minimum atomic E-state index is -5.23. The second-order valence-electron chi connectivity index (χ2n) is 11.6. The van der Waals surface area contributed by atoms with Crippen molar-refractivity contribution in [2.45, 2.75) is 70.4 Å². The van der Waals surface area contributed by atoms with Crippen molar-refractivity contribution in [2.75, 3.05) is 20.8 Å². The monoisotopic (exact) mass is 688 g/mol. The number of alkyl halides is 6. The Hall–Kier alpha value is -4.17. The highest BCUT2D eigenvalue weighted by Crippen LogP contribution is 2.44. The van der Waals surface area contributed by atoms with Crippen molar-refractivity contribution in [3.63, 3.8) is 0 Å². The first-order chi connectivity index (χ1) is 22.2. The van der Waals surface area contributed by atoms with Crippen LogP contribution in [0.4, 0.5) is 26.3 Å². The highest BCUT2D eigenvalue weighted by Gasteiger charge is 2.65. The molecule has 2 rings (SSSR count). The fourth-order valence-electron chi connectivity index (χ4n) is 4.43. The van der Waals surface area contributed by atoms with Gasteiger partial charge in [0.25, 0.3) is 11.2 Å². The number of ether oxygens (including phenoxy) is 5. The summed E-state index contributed by atoms with van der Waals surface area (Å²) in [6.45, 7) is 6.70. The van der Waals surface area contributed by atoms with Crippen LogP contribution in [0.15, 0.2) is 84.5 Å². The summed E-state index contributed by atoms with van der Waals surface area (Å²) in [7, 11) is 1.42. The average Bonchev–Trinajstić information content (AvgIpc) is 2.98. The van der Waals surface area contributed by atoms with Gasteiger partial charge in [-0.1, -0.05) is 66.7 Å². The van der Waals surface area contributed by atoms with Gasteiger partial charge in [0.05, 0.1) is 5.41 Å². The SMILES string of the molecule is CO[C@@](C(=O)O[C@@H](C)/C=C(/C=C/[C@H](C)OC(=O)[C@](OC)(c1ccccc1)C(F)(F)F)COC(=O)C(C)(C)C)(c1ccccc1)C(F)(F)F. The third-order valence-corrected chi connectivity index (χ3v) is 6.94. The molecule has 0 unspecified atom stereocenters. The van der Waals surface area contributed by atoms with Crippen molar-refractivity contribution in [2.24, 2.45) is 5.41 Å². The molecule has 0 fully saturated rings. The van der Waals surface area contributed by atoms with E-state index in [1.807, 2.05) is 0 Å². The molecule has 0 saturated carbocycles. The Labute approximate surface area is 274 Å². The van der Waals surface area contributed by atoms with Crippen LogP contribution in [0.5, 0.6) is 0 Å². The number of carbonyl (C=O) groups excluding carboxylic acids is 3. The van der Waals surface area contributed by atoms with Crippen LogP contribution in [-0.4, -0.2) is 63.3 Å². The van der Waals surface area contributed by atoms with E-state index in [-0.39, 0.29) is 5.57 Å². The van der Waals surface area contributed by atoms with Crippen molar-refractivity contribution in [3.05, 3.63) is 95.6 Å². The molecule has 48 heavy (non-hydrogen) atoms. The number of esters is 3. The van der Waals surface area contributed by atoms with Crippen LogP contribution >= 0.6 is 0 Å². The number of hydrogen-bond acceptors (Lipinski definition) is 8. The molecule has 0 aliphatic carbocycles. The van der Waals surface area contributed by atoms with Gasteiger partial charge in [-0.05, 0) is 52.3 Å². The van der Waals surface area contributed by atoms with Crippen molar-refractivity contribution < 1.29 is 64.4 Å². The molecule has 2 aromatic carbocycles. The Morgan fingerprint density at radius 2 is 1.06 bits per heavy atom. The van der Waals surface area contributed by atoms with Gasteiger partial charge in [-0.15, -0.1) is 0 Å². The molecule has 0 radical (unpaired) electrons. The van der Waals surface area contributed by atoms with Crippen LogP contribution in [-0.2, 0) is 49.3 Å². The molecule has 0 heterocycles. The normalized spacial score (nSPS) is 16.7. The van der Waals surface area contributed by atoms with E-state index in [9.17, 15) is 40.7 Å². The highest BCUT2D eigenvalue weighted by molar-refractivity contribution is 5.83. The molecule has 0 N–H and O–H groups in total. The van der Waals surface area contributed by atoms with Crippen LogP contribution in [0.25, 0.3) is 0 Å². The van der Waals surface area contributed by atoms with E-state index in [1.54, 1.807) is 20.8 Å². The van der Waals surface area contributed by atoms with Gasteiger partial charge in [0, 0.05) is 25.3 Å². The van der Waals surface area contributed by atoms with Crippen molar-refractivity contribution >= 4 is 17.9 Å². The topological polar surface area (TPSA) is 97.4 Å².